The molecule has 2 N–H and O–H groups in total. The van der Waals surface area contributed by atoms with Crippen LogP contribution in [0, 0.1) is 0 Å². The number of urea groups is 1. The zero-order valence-corrected chi connectivity index (χ0v) is 18.7. The van der Waals surface area contributed by atoms with E-state index in [0.29, 0.717) is 18.8 Å². The molecule has 1 aromatic heterocycles. The van der Waals surface area contributed by atoms with Gasteiger partial charge >= 0.3 is 11.7 Å². The molecular formula is C25H29N5O3. The SMILES string of the molecule is COc1cccc(C(CNC(=O)Nc2cccc(Cn3cccnc3=O)c2)N2CCCC2)c1. The van der Waals surface area contributed by atoms with E-state index in [2.05, 4.69) is 26.6 Å². The summed E-state index contributed by atoms with van der Waals surface area (Å²) in [4.78, 5) is 30.7. The lowest BCUT2D eigenvalue weighted by Crippen LogP contribution is -2.38. The molecule has 8 nitrogen and oxygen atoms in total. The number of methoxy groups -OCH3 is 1. The Bertz CT molecular complexity index is 1140. The molecule has 0 bridgehead atoms. The highest BCUT2D eigenvalue weighted by Gasteiger charge is 2.24. The van der Waals surface area contributed by atoms with Crippen LogP contribution in [0.1, 0.15) is 30.0 Å². The van der Waals surface area contributed by atoms with Gasteiger partial charge in [-0.05, 0) is 67.4 Å². The fourth-order valence-corrected chi connectivity index (χ4v) is 4.18. The van der Waals surface area contributed by atoms with Crippen molar-refractivity contribution in [3.63, 3.8) is 0 Å². The Morgan fingerprint density at radius 3 is 2.73 bits per heavy atom. The van der Waals surface area contributed by atoms with E-state index in [1.165, 1.54) is 23.6 Å². The number of carbonyl (C=O) groups is 1. The smallest absolute Gasteiger partial charge is 0.347 e. The first-order valence-corrected chi connectivity index (χ1v) is 11.2. The van der Waals surface area contributed by atoms with Crippen molar-refractivity contribution in [2.24, 2.45) is 0 Å². The molecule has 1 saturated heterocycles. The van der Waals surface area contributed by atoms with E-state index in [1.54, 1.807) is 19.4 Å². The second-order valence-electron chi connectivity index (χ2n) is 8.10. The summed E-state index contributed by atoms with van der Waals surface area (Å²) >= 11 is 0. The highest BCUT2D eigenvalue weighted by Crippen LogP contribution is 2.27. The second-order valence-corrected chi connectivity index (χ2v) is 8.10. The Morgan fingerprint density at radius 1 is 1.12 bits per heavy atom. The molecule has 0 saturated carbocycles. The molecule has 0 radical (unpaired) electrons. The molecule has 4 rings (SSSR count). The van der Waals surface area contributed by atoms with Gasteiger partial charge in [-0.2, -0.15) is 0 Å². The summed E-state index contributed by atoms with van der Waals surface area (Å²) < 4.78 is 6.91. The van der Waals surface area contributed by atoms with Crippen molar-refractivity contribution in [3.8, 4) is 5.75 Å². The first-order chi connectivity index (χ1) is 16.1. The number of nitrogens with zero attached hydrogens (tertiary/aromatic N) is 3. The lowest BCUT2D eigenvalue weighted by molar-refractivity contribution is 0.227. The number of nitrogens with one attached hydrogen (secondary N) is 2. The Labute approximate surface area is 193 Å². The number of aromatic nitrogens is 2. The molecule has 0 aliphatic carbocycles. The van der Waals surface area contributed by atoms with Gasteiger partial charge in [0.15, 0.2) is 0 Å². The molecule has 8 heteroatoms. The van der Waals surface area contributed by atoms with Gasteiger partial charge < -0.3 is 15.4 Å². The van der Waals surface area contributed by atoms with Gasteiger partial charge in [-0.3, -0.25) is 9.47 Å². The number of likely N-dealkylation sites (tertiary alicyclic amines) is 1. The van der Waals surface area contributed by atoms with Gasteiger partial charge in [-0.25, -0.2) is 14.6 Å². The predicted molar refractivity (Wildman–Crippen MR) is 128 cm³/mol. The van der Waals surface area contributed by atoms with E-state index < -0.39 is 0 Å². The third-order valence-electron chi connectivity index (χ3n) is 5.84. The van der Waals surface area contributed by atoms with Crippen molar-refractivity contribution in [2.45, 2.75) is 25.4 Å². The number of benzene rings is 2. The topological polar surface area (TPSA) is 88.5 Å². The summed E-state index contributed by atoms with van der Waals surface area (Å²) in [5, 5.41) is 5.93. The van der Waals surface area contributed by atoms with Gasteiger partial charge in [0.25, 0.3) is 0 Å². The van der Waals surface area contributed by atoms with Gasteiger partial charge in [0.2, 0.25) is 0 Å². The molecule has 1 unspecified atom stereocenters. The maximum Gasteiger partial charge on any atom is 0.347 e. The van der Waals surface area contributed by atoms with Crippen molar-refractivity contribution in [3.05, 3.63) is 88.6 Å². The number of anilines is 1. The van der Waals surface area contributed by atoms with Crippen LogP contribution in [0.3, 0.4) is 0 Å². The van der Waals surface area contributed by atoms with Gasteiger partial charge in [-0.1, -0.05) is 24.3 Å². The van der Waals surface area contributed by atoms with Crippen LogP contribution >= 0.6 is 0 Å². The van der Waals surface area contributed by atoms with Crippen molar-refractivity contribution in [1.29, 1.82) is 0 Å². The highest BCUT2D eigenvalue weighted by molar-refractivity contribution is 5.89. The van der Waals surface area contributed by atoms with Crippen LogP contribution in [-0.2, 0) is 6.54 Å². The fraction of sp³-hybridized carbons (Fsp3) is 0.320. The molecule has 1 aliphatic rings. The molecule has 33 heavy (non-hydrogen) atoms. The van der Waals surface area contributed by atoms with E-state index >= 15 is 0 Å². The van der Waals surface area contributed by atoms with Crippen LogP contribution in [0.2, 0.25) is 0 Å². The normalized spacial score (nSPS) is 14.6. The lowest BCUT2D eigenvalue weighted by atomic mass is 10.1. The summed E-state index contributed by atoms with van der Waals surface area (Å²) in [6, 6.07) is 17.0. The van der Waals surface area contributed by atoms with Crippen molar-refractivity contribution in [2.75, 3.05) is 32.1 Å². The average Bonchev–Trinajstić information content (AvgIpc) is 3.36. The van der Waals surface area contributed by atoms with Crippen LogP contribution in [0.15, 0.2) is 71.8 Å². The fourth-order valence-electron chi connectivity index (χ4n) is 4.18. The minimum Gasteiger partial charge on any atom is -0.497 e. The Hall–Kier alpha value is -3.65. The van der Waals surface area contributed by atoms with E-state index in [0.717, 1.165) is 30.0 Å². The zero-order chi connectivity index (χ0) is 23.0. The summed E-state index contributed by atoms with van der Waals surface area (Å²) in [6.07, 6.45) is 5.50. The quantitative estimate of drug-likeness (QED) is 0.553. The number of hydrogen-bond donors (Lipinski definition) is 2. The summed E-state index contributed by atoms with van der Waals surface area (Å²) in [5.74, 6) is 0.811. The maximum atomic E-state index is 12.7. The monoisotopic (exact) mass is 447 g/mol. The number of carbonyl (C=O) groups excluding carboxylic acids is 1. The van der Waals surface area contributed by atoms with Crippen LogP contribution in [-0.4, -0.2) is 47.2 Å². The minimum atomic E-state index is -0.306. The standard InChI is InChI=1S/C25H29N5O3/c1-33-22-10-5-8-20(16-22)23(29-12-2-3-13-29)17-27-24(31)28-21-9-4-7-19(15-21)18-30-14-6-11-26-25(30)32/h4-11,14-16,23H,2-3,12-13,17-18H2,1H3,(H2,27,28,31). The van der Waals surface area contributed by atoms with Crippen LogP contribution in [0.25, 0.3) is 0 Å². The van der Waals surface area contributed by atoms with Crippen molar-refractivity contribution >= 4 is 11.7 Å². The van der Waals surface area contributed by atoms with Gasteiger partial charge in [0, 0.05) is 24.6 Å². The molecule has 1 fully saturated rings. The first kappa shape index (κ1) is 22.5. The average molecular weight is 448 g/mol. The summed E-state index contributed by atoms with van der Waals surface area (Å²) in [6.45, 7) is 2.91. The molecule has 0 spiro atoms. The van der Waals surface area contributed by atoms with E-state index in [-0.39, 0.29) is 17.8 Å². The molecule has 172 valence electrons. The largest absolute Gasteiger partial charge is 0.497 e. The molecular weight excluding hydrogens is 418 g/mol. The summed E-state index contributed by atoms with van der Waals surface area (Å²) in [7, 11) is 1.66. The third kappa shape index (κ3) is 5.98. The molecule has 2 aromatic carbocycles. The molecule has 2 heterocycles. The number of ether oxygens (including phenoxy) is 1. The van der Waals surface area contributed by atoms with Crippen molar-refractivity contribution in [1.82, 2.24) is 19.8 Å². The van der Waals surface area contributed by atoms with Crippen LogP contribution < -0.4 is 21.1 Å². The number of hydrogen-bond acceptors (Lipinski definition) is 5. The predicted octanol–water partition coefficient (Wildman–Crippen LogP) is 3.26. The second kappa shape index (κ2) is 10.8. The highest BCUT2D eigenvalue weighted by atomic mass is 16.5. The van der Waals surface area contributed by atoms with E-state index in [1.807, 2.05) is 42.5 Å². The van der Waals surface area contributed by atoms with Crippen LogP contribution in [0.5, 0.6) is 5.75 Å². The van der Waals surface area contributed by atoms with Crippen LogP contribution in [0.4, 0.5) is 10.5 Å². The first-order valence-electron chi connectivity index (χ1n) is 11.2. The minimum absolute atomic E-state index is 0.0807. The Kier molecular flexibility index (Phi) is 7.36. The molecule has 1 aliphatic heterocycles. The number of amides is 2. The third-order valence-corrected chi connectivity index (χ3v) is 5.84. The van der Waals surface area contributed by atoms with E-state index in [9.17, 15) is 9.59 Å². The van der Waals surface area contributed by atoms with Crippen molar-refractivity contribution < 1.29 is 9.53 Å². The van der Waals surface area contributed by atoms with Gasteiger partial charge in [0.1, 0.15) is 5.75 Å². The zero-order valence-electron chi connectivity index (χ0n) is 18.7. The molecule has 2 amide bonds. The van der Waals surface area contributed by atoms with Gasteiger partial charge in [-0.15, -0.1) is 0 Å². The van der Waals surface area contributed by atoms with Gasteiger partial charge in [0.05, 0.1) is 19.7 Å². The molecule has 3 aromatic rings. The number of rotatable bonds is 8. The lowest BCUT2D eigenvalue weighted by Gasteiger charge is -2.28. The summed E-state index contributed by atoms with van der Waals surface area (Å²) in [5.41, 5.74) is 2.38. The maximum absolute atomic E-state index is 12.7. The Balaban J connectivity index is 1.40. The Morgan fingerprint density at radius 2 is 1.94 bits per heavy atom. The van der Waals surface area contributed by atoms with E-state index in [4.69, 9.17) is 4.74 Å². The molecule has 1 atom stereocenters.